The molecule has 92 valence electrons. The van der Waals surface area contributed by atoms with Crippen molar-refractivity contribution in [3.05, 3.63) is 11.3 Å². The van der Waals surface area contributed by atoms with E-state index in [2.05, 4.69) is 0 Å². The minimum absolute atomic E-state index is 0.201. The number of halogens is 1. The molecule has 5 heteroatoms. The average molecular weight is 229 g/mol. The van der Waals surface area contributed by atoms with E-state index in [-0.39, 0.29) is 12.3 Å². The zero-order valence-corrected chi connectivity index (χ0v) is 10.8. The van der Waals surface area contributed by atoms with Crippen molar-refractivity contribution < 1.29 is 13.7 Å². The van der Waals surface area contributed by atoms with E-state index in [1.165, 1.54) is 0 Å². The largest absolute Gasteiger partial charge is 0.525 e. The van der Waals surface area contributed by atoms with Crippen LogP contribution in [0.4, 0.5) is 4.39 Å². The van der Waals surface area contributed by atoms with Crippen LogP contribution in [0.15, 0.2) is 11.3 Å². The molecular formula is C11H21BFNO2. The van der Waals surface area contributed by atoms with Crippen LogP contribution in [0.3, 0.4) is 0 Å². The fourth-order valence-electron chi connectivity index (χ4n) is 1.52. The summed E-state index contributed by atoms with van der Waals surface area (Å²) in [6.45, 7) is 9.66. The molecule has 0 aromatic heterocycles. The normalized spacial score (nSPS) is 24.6. The van der Waals surface area contributed by atoms with Crippen molar-refractivity contribution >= 4 is 7.12 Å². The van der Waals surface area contributed by atoms with Gasteiger partial charge in [0.15, 0.2) is 0 Å². The highest BCUT2D eigenvalue weighted by molar-refractivity contribution is 6.53. The molecule has 0 bridgehead atoms. The second-order valence-corrected chi connectivity index (χ2v) is 5.10. The van der Waals surface area contributed by atoms with Gasteiger partial charge in [0.05, 0.1) is 11.2 Å². The molecule has 1 fully saturated rings. The molecule has 1 saturated heterocycles. The Balaban J connectivity index is 2.92. The van der Waals surface area contributed by atoms with Crippen molar-refractivity contribution in [2.24, 2.45) is 5.73 Å². The Morgan fingerprint density at radius 1 is 1.19 bits per heavy atom. The van der Waals surface area contributed by atoms with Gasteiger partial charge in [0.2, 0.25) is 0 Å². The van der Waals surface area contributed by atoms with E-state index in [4.69, 9.17) is 15.0 Å². The molecule has 0 aliphatic carbocycles. The van der Waals surface area contributed by atoms with Crippen molar-refractivity contribution in [2.45, 2.75) is 52.2 Å². The van der Waals surface area contributed by atoms with Gasteiger partial charge in [-0.15, -0.1) is 0 Å². The summed E-state index contributed by atoms with van der Waals surface area (Å²) < 4.78 is 25.2. The fraction of sp³-hybridized carbons (Fsp3) is 0.818. The second kappa shape index (κ2) is 4.47. The van der Waals surface area contributed by atoms with E-state index in [9.17, 15) is 4.39 Å². The van der Waals surface area contributed by atoms with E-state index in [0.29, 0.717) is 12.0 Å². The third kappa shape index (κ3) is 2.31. The van der Waals surface area contributed by atoms with Crippen LogP contribution in [0.1, 0.15) is 41.0 Å². The van der Waals surface area contributed by atoms with Crippen LogP contribution in [0.2, 0.25) is 0 Å². The number of hydrogen-bond donors (Lipinski definition) is 1. The zero-order valence-electron chi connectivity index (χ0n) is 10.8. The third-order valence-corrected chi connectivity index (χ3v) is 3.47. The van der Waals surface area contributed by atoms with Gasteiger partial charge in [-0.25, -0.2) is 4.39 Å². The van der Waals surface area contributed by atoms with Crippen molar-refractivity contribution in [3.8, 4) is 0 Å². The number of rotatable bonds is 3. The van der Waals surface area contributed by atoms with Gasteiger partial charge in [-0.05, 0) is 39.7 Å². The van der Waals surface area contributed by atoms with Gasteiger partial charge >= 0.3 is 7.12 Å². The molecular weight excluding hydrogens is 208 g/mol. The minimum atomic E-state index is -0.913. The number of hydrogen-bond acceptors (Lipinski definition) is 3. The zero-order chi connectivity index (χ0) is 12.6. The third-order valence-electron chi connectivity index (χ3n) is 3.47. The summed E-state index contributed by atoms with van der Waals surface area (Å²) >= 11 is 0. The van der Waals surface area contributed by atoms with Gasteiger partial charge in [0.1, 0.15) is 5.73 Å². The average Bonchev–Trinajstić information content (AvgIpc) is 2.38. The van der Waals surface area contributed by atoms with Crippen LogP contribution in [-0.4, -0.2) is 24.9 Å². The smallest absolute Gasteiger partial charge is 0.398 e. The molecule has 2 N–H and O–H groups in total. The standard InChI is InChI=1S/C11H21BFNO2/c1-6-8(7-14)9(13)12-15-10(2,3)11(4,5)16-12/h6-7,14H2,1-5H3. The van der Waals surface area contributed by atoms with Crippen molar-refractivity contribution in [2.75, 3.05) is 6.54 Å². The lowest BCUT2D eigenvalue weighted by atomic mass is 9.84. The maximum atomic E-state index is 14.0. The summed E-state index contributed by atoms with van der Waals surface area (Å²) in [4.78, 5) is 0. The summed E-state index contributed by atoms with van der Waals surface area (Å²) in [5.74, 6) is 0. The van der Waals surface area contributed by atoms with Gasteiger partial charge in [-0.2, -0.15) is 0 Å². The first-order valence-corrected chi connectivity index (χ1v) is 5.68. The molecule has 1 heterocycles. The van der Waals surface area contributed by atoms with Gasteiger partial charge in [0, 0.05) is 6.54 Å². The SMILES string of the molecule is CCC(CN)=C(F)B1OC(C)(C)C(C)(C)O1. The molecule has 0 spiro atoms. The van der Waals surface area contributed by atoms with E-state index < -0.39 is 18.3 Å². The predicted octanol–water partition coefficient (Wildman–Crippen LogP) is 2.21. The molecule has 1 aliphatic rings. The van der Waals surface area contributed by atoms with Crippen molar-refractivity contribution in [1.29, 1.82) is 0 Å². The van der Waals surface area contributed by atoms with Crippen molar-refractivity contribution in [3.63, 3.8) is 0 Å². The molecule has 0 saturated carbocycles. The van der Waals surface area contributed by atoms with Crippen LogP contribution >= 0.6 is 0 Å². The van der Waals surface area contributed by atoms with E-state index in [1.54, 1.807) is 0 Å². The van der Waals surface area contributed by atoms with E-state index in [1.807, 2.05) is 34.6 Å². The molecule has 0 aromatic rings. The Bertz CT molecular complexity index is 280. The van der Waals surface area contributed by atoms with Crippen molar-refractivity contribution in [1.82, 2.24) is 0 Å². The molecule has 16 heavy (non-hydrogen) atoms. The molecule has 1 aliphatic heterocycles. The Morgan fingerprint density at radius 2 is 1.62 bits per heavy atom. The molecule has 0 aromatic carbocycles. The van der Waals surface area contributed by atoms with Gasteiger partial charge in [-0.3, -0.25) is 0 Å². The molecule has 0 radical (unpaired) electrons. The van der Waals surface area contributed by atoms with Crippen LogP contribution in [0.25, 0.3) is 0 Å². The summed E-state index contributed by atoms with van der Waals surface area (Å²) in [6, 6.07) is 0. The van der Waals surface area contributed by atoms with Gasteiger partial charge < -0.3 is 15.0 Å². The Labute approximate surface area is 97.3 Å². The highest BCUT2D eigenvalue weighted by Gasteiger charge is 2.53. The van der Waals surface area contributed by atoms with Gasteiger partial charge in [-0.1, -0.05) is 6.92 Å². The Hall–Kier alpha value is -0.385. The maximum Gasteiger partial charge on any atom is 0.525 e. The molecule has 3 nitrogen and oxygen atoms in total. The topological polar surface area (TPSA) is 44.5 Å². The second-order valence-electron chi connectivity index (χ2n) is 5.10. The Morgan fingerprint density at radius 3 is 1.94 bits per heavy atom. The summed E-state index contributed by atoms with van der Waals surface area (Å²) in [5, 5.41) is 0. The summed E-state index contributed by atoms with van der Waals surface area (Å²) in [5.41, 5.74) is 4.64. The Kier molecular flexibility index (Phi) is 3.82. The maximum absolute atomic E-state index is 14.0. The lowest BCUT2D eigenvalue weighted by Crippen LogP contribution is -2.41. The predicted molar refractivity (Wildman–Crippen MR) is 63.6 cm³/mol. The molecule has 0 atom stereocenters. The fourth-order valence-corrected chi connectivity index (χ4v) is 1.52. The van der Waals surface area contributed by atoms with Crippen LogP contribution < -0.4 is 5.73 Å². The molecule has 0 amide bonds. The highest BCUT2D eigenvalue weighted by atomic mass is 19.1. The molecule has 0 unspecified atom stereocenters. The lowest BCUT2D eigenvalue weighted by Gasteiger charge is -2.32. The quantitative estimate of drug-likeness (QED) is 0.754. The van der Waals surface area contributed by atoms with E-state index >= 15 is 0 Å². The van der Waals surface area contributed by atoms with Crippen LogP contribution in [0, 0.1) is 0 Å². The molecule has 1 rings (SSSR count). The first-order valence-electron chi connectivity index (χ1n) is 5.68. The van der Waals surface area contributed by atoms with E-state index in [0.717, 1.165) is 0 Å². The minimum Gasteiger partial charge on any atom is -0.398 e. The first-order chi connectivity index (χ1) is 7.25. The van der Waals surface area contributed by atoms with Gasteiger partial charge in [0.25, 0.3) is 0 Å². The van der Waals surface area contributed by atoms with Crippen LogP contribution in [0.5, 0.6) is 0 Å². The van der Waals surface area contributed by atoms with Crippen LogP contribution in [-0.2, 0) is 9.31 Å². The summed E-state index contributed by atoms with van der Waals surface area (Å²) in [7, 11) is -0.913. The lowest BCUT2D eigenvalue weighted by molar-refractivity contribution is 0.00578. The number of nitrogens with two attached hydrogens (primary N) is 1. The summed E-state index contributed by atoms with van der Waals surface area (Å²) in [6.07, 6.45) is 0.576. The first kappa shape index (κ1) is 13.7. The monoisotopic (exact) mass is 229 g/mol. The highest BCUT2D eigenvalue weighted by Crippen LogP contribution is 2.39.